The van der Waals surface area contributed by atoms with Gasteiger partial charge < -0.3 is 4.74 Å². The first-order valence-electron chi connectivity index (χ1n) is 5.40. The molecule has 2 aromatic carbocycles. The fourth-order valence-corrected chi connectivity index (χ4v) is 1.68. The summed E-state index contributed by atoms with van der Waals surface area (Å²) in [6, 6.07) is 12.2. The molecule has 5 heteroatoms. The molecule has 0 radical (unpaired) electrons. The molecule has 2 aromatic rings. The van der Waals surface area contributed by atoms with E-state index in [1.807, 2.05) is 0 Å². The summed E-state index contributed by atoms with van der Waals surface area (Å²) < 4.78 is 41.0. The van der Waals surface area contributed by atoms with Gasteiger partial charge in [-0.3, -0.25) is 4.79 Å². The highest BCUT2D eigenvalue weighted by atomic mass is 19.4. The number of alkyl halides is 3. The van der Waals surface area contributed by atoms with Crippen LogP contribution in [0.5, 0.6) is 5.75 Å². The Balaban J connectivity index is 2.52. The van der Waals surface area contributed by atoms with Crippen LogP contribution in [0.25, 0.3) is 11.1 Å². The van der Waals surface area contributed by atoms with E-state index in [2.05, 4.69) is 4.74 Å². The first-order valence-corrected chi connectivity index (χ1v) is 5.40. The van der Waals surface area contributed by atoms with Crippen molar-refractivity contribution in [2.24, 2.45) is 0 Å². The molecule has 0 saturated heterocycles. The molecule has 98 valence electrons. The van der Waals surface area contributed by atoms with Crippen LogP contribution in [0.4, 0.5) is 13.2 Å². The van der Waals surface area contributed by atoms with Gasteiger partial charge in [-0.15, -0.1) is 13.2 Å². The van der Waals surface area contributed by atoms with Gasteiger partial charge in [-0.1, -0.05) is 30.3 Å². The zero-order valence-electron chi connectivity index (χ0n) is 9.65. The number of rotatable bonds is 3. The van der Waals surface area contributed by atoms with Gasteiger partial charge in [0.2, 0.25) is 0 Å². The van der Waals surface area contributed by atoms with Crippen molar-refractivity contribution in [3.63, 3.8) is 0 Å². The van der Waals surface area contributed by atoms with E-state index in [4.69, 9.17) is 0 Å². The number of carbonyl (C=O) groups excluding carboxylic acids is 1. The molecule has 0 N–H and O–H groups in total. The summed E-state index contributed by atoms with van der Waals surface area (Å²) in [6.45, 7) is 0. The van der Waals surface area contributed by atoms with Crippen LogP contribution in [-0.4, -0.2) is 12.6 Å². The molecule has 0 aliphatic rings. The Morgan fingerprint density at radius 1 is 1.00 bits per heavy atom. The lowest BCUT2D eigenvalue weighted by molar-refractivity contribution is -0.274. The van der Waals surface area contributed by atoms with Crippen LogP contribution in [0.2, 0.25) is 0 Å². The minimum absolute atomic E-state index is 0.225. The highest BCUT2D eigenvalue weighted by Crippen LogP contribution is 2.34. The van der Waals surface area contributed by atoms with E-state index in [1.54, 1.807) is 30.3 Å². The lowest BCUT2D eigenvalue weighted by atomic mass is 10.0. The van der Waals surface area contributed by atoms with Gasteiger partial charge in [-0.2, -0.15) is 0 Å². The molecule has 0 unspecified atom stereocenters. The molecule has 0 atom stereocenters. The Kier molecular flexibility index (Phi) is 3.55. The van der Waals surface area contributed by atoms with Crippen molar-refractivity contribution in [1.29, 1.82) is 0 Å². The third-order valence-corrected chi connectivity index (χ3v) is 2.45. The van der Waals surface area contributed by atoms with Crippen LogP contribution in [0.1, 0.15) is 10.4 Å². The summed E-state index contributed by atoms with van der Waals surface area (Å²) >= 11 is 0. The van der Waals surface area contributed by atoms with Gasteiger partial charge in [0.15, 0.2) is 0 Å². The molecule has 0 aliphatic heterocycles. The highest BCUT2D eigenvalue weighted by molar-refractivity contribution is 5.81. The summed E-state index contributed by atoms with van der Waals surface area (Å²) in [5.74, 6) is -0.329. The smallest absolute Gasteiger partial charge is 0.405 e. The second kappa shape index (κ2) is 5.14. The van der Waals surface area contributed by atoms with Crippen LogP contribution >= 0.6 is 0 Å². The summed E-state index contributed by atoms with van der Waals surface area (Å²) in [6.07, 6.45) is -4.20. The Bertz CT molecular complexity index is 577. The maximum Gasteiger partial charge on any atom is 0.573 e. The van der Waals surface area contributed by atoms with Crippen molar-refractivity contribution in [2.45, 2.75) is 6.36 Å². The fraction of sp³-hybridized carbons (Fsp3) is 0.0714. The van der Waals surface area contributed by atoms with Crippen LogP contribution < -0.4 is 4.74 Å². The minimum atomic E-state index is -4.77. The summed E-state index contributed by atoms with van der Waals surface area (Å²) in [4.78, 5) is 10.7. The molecule has 0 heterocycles. The van der Waals surface area contributed by atoms with Crippen molar-refractivity contribution >= 4 is 6.29 Å². The molecule has 0 aliphatic carbocycles. The Morgan fingerprint density at radius 3 is 2.26 bits per heavy atom. The van der Waals surface area contributed by atoms with Crippen molar-refractivity contribution in [3.05, 3.63) is 54.1 Å². The monoisotopic (exact) mass is 266 g/mol. The maximum atomic E-state index is 12.3. The number of halogens is 3. The van der Waals surface area contributed by atoms with Crippen LogP contribution in [0, 0.1) is 0 Å². The van der Waals surface area contributed by atoms with Gasteiger partial charge in [0.05, 0.1) is 0 Å². The van der Waals surface area contributed by atoms with Gasteiger partial charge in [-0.25, -0.2) is 0 Å². The molecule has 19 heavy (non-hydrogen) atoms. The lowest BCUT2D eigenvalue weighted by Gasteiger charge is -2.13. The summed E-state index contributed by atoms with van der Waals surface area (Å²) in [5, 5.41) is 0. The molecule has 2 nitrogen and oxygen atoms in total. The van der Waals surface area contributed by atoms with E-state index in [9.17, 15) is 18.0 Å². The molecular formula is C14H9F3O2. The van der Waals surface area contributed by atoms with E-state index in [0.29, 0.717) is 11.8 Å². The molecule has 0 spiro atoms. The second-order valence-electron chi connectivity index (χ2n) is 3.79. The topological polar surface area (TPSA) is 26.3 Å². The predicted molar refractivity (Wildman–Crippen MR) is 63.9 cm³/mol. The third kappa shape index (κ3) is 3.34. The average molecular weight is 266 g/mol. The standard InChI is InChI=1S/C14H9F3O2/c15-14(16,17)19-13-7-6-10(9-18)8-12(13)11-4-2-1-3-5-11/h1-9H. The van der Waals surface area contributed by atoms with Crippen molar-refractivity contribution in [3.8, 4) is 16.9 Å². The third-order valence-electron chi connectivity index (χ3n) is 2.45. The number of carbonyl (C=O) groups is 1. The fourth-order valence-electron chi connectivity index (χ4n) is 1.68. The SMILES string of the molecule is O=Cc1ccc(OC(F)(F)F)c(-c2ccccc2)c1. The van der Waals surface area contributed by atoms with E-state index in [0.717, 1.165) is 6.07 Å². The highest BCUT2D eigenvalue weighted by Gasteiger charge is 2.32. The summed E-state index contributed by atoms with van der Waals surface area (Å²) in [5.41, 5.74) is 1.06. The average Bonchev–Trinajstić information content (AvgIpc) is 2.38. The lowest BCUT2D eigenvalue weighted by Crippen LogP contribution is -2.17. The molecule has 0 fully saturated rings. The molecule has 0 bridgehead atoms. The van der Waals surface area contributed by atoms with Crippen LogP contribution in [0.15, 0.2) is 48.5 Å². The normalized spacial score (nSPS) is 11.1. The minimum Gasteiger partial charge on any atom is -0.405 e. The largest absolute Gasteiger partial charge is 0.573 e. The van der Waals surface area contributed by atoms with E-state index < -0.39 is 6.36 Å². The number of benzene rings is 2. The quantitative estimate of drug-likeness (QED) is 0.783. The predicted octanol–water partition coefficient (Wildman–Crippen LogP) is 4.06. The van der Waals surface area contributed by atoms with Crippen molar-refractivity contribution in [2.75, 3.05) is 0 Å². The molecular weight excluding hydrogens is 257 g/mol. The number of hydrogen-bond donors (Lipinski definition) is 0. The van der Waals surface area contributed by atoms with E-state index in [-0.39, 0.29) is 16.9 Å². The van der Waals surface area contributed by atoms with Crippen LogP contribution in [-0.2, 0) is 0 Å². The Labute approximate surface area is 107 Å². The Morgan fingerprint density at radius 2 is 1.68 bits per heavy atom. The summed E-state index contributed by atoms with van der Waals surface area (Å²) in [7, 11) is 0. The van der Waals surface area contributed by atoms with E-state index >= 15 is 0 Å². The first-order chi connectivity index (χ1) is 8.99. The van der Waals surface area contributed by atoms with Gasteiger partial charge in [0.25, 0.3) is 0 Å². The number of aldehydes is 1. The Hall–Kier alpha value is -2.30. The number of hydrogen-bond acceptors (Lipinski definition) is 2. The van der Waals surface area contributed by atoms with Gasteiger partial charge in [0.1, 0.15) is 12.0 Å². The number of ether oxygens (including phenoxy) is 1. The zero-order chi connectivity index (χ0) is 13.9. The first kappa shape index (κ1) is 13.1. The van der Waals surface area contributed by atoms with Crippen molar-refractivity contribution in [1.82, 2.24) is 0 Å². The molecule has 2 rings (SSSR count). The molecule has 0 aromatic heterocycles. The van der Waals surface area contributed by atoms with Gasteiger partial charge >= 0.3 is 6.36 Å². The van der Waals surface area contributed by atoms with E-state index in [1.165, 1.54) is 12.1 Å². The van der Waals surface area contributed by atoms with Gasteiger partial charge in [-0.05, 0) is 23.8 Å². The molecule has 0 saturated carbocycles. The van der Waals surface area contributed by atoms with Gasteiger partial charge in [0, 0.05) is 11.1 Å². The van der Waals surface area contributed by atoms with Crippen LogP contribution in [0.3, 0.4) is 0 Å². The maximum absolute atomic E-state index is 12.3. The second-order valence-corrected chi connectivity index (χ2v) is 3.79. The zero-order valence-corrected chi connectivity index (χ0v) is 9.65. The van der Waals surface area contributed by atoms with Crippen molar-refractivity contribution < 1.29 is 22.7 Å². The molecule has 0 amide bonds.